The predicted octanol–water partition coefficient (Wildman–Crippen LogP) is 1.96. The third-order valence-electron chi connectivity index (χ3n) is 2.50. The molecule has 0 aliphatic rings. The first-order valence-electron chi connectivity index (χ1n) is 5.60. The summed E-state index contributed by atoms with van der Waals surface area (Å²) in [6.07, 6.45) is 2.89. The second-order valence-electron chi connectivity index (χ2n) is 4.12. The van der Waals surface area contributed by atoms with E-state index in [0.717, 1.165) is 18.4 Å². The molecule has 0 aliphatic carbocycles. The molecule has 1 amide bonds. The molecule has 0 fully saturated rings. The van der Waals surface area contributed by atoms with Crippen LogP contribution in [0.1, 0.15) is 40.5 Å². The van der Waals surface area contributed by atoms with Crippen LogP contribution in [0.25, 0.3) is 0 Å². The largest absolute Gasteiger partial charge is 0.480 e. The van der Waals surface area contributed by atoms with E-state index in [0.29, 0.717) is 0 Å². The van der Waals surface area contributed by atoms with Crippen molar-refractivity contribution in [3.8, 4) is 0 Å². The number of hydrogen-bond donors (Lipinski definition) is 2. The van der Waals surface area contributed by atoms with E-state index in [9.17, 15) is 9.59 Å². The Hall–Kier alpha value is -1.32. The molecule has 0 bridgehead atoms. The summed E-state index contributed by atoms with van der Waals surface area (Å²) in [5, 5.41) is 11.6. The Morgan fingerprint density at radius 2 is 1.75 bits per heavy atom. The number of carbonyl (C=O) groups is 2. The van der Waals surface area contributed by atoms with Gasteiger partial charge in [-0.25, -0.2) is 4.79 Å². The first-order valence-corrected chi connectivity index (χ1v) is 5.60. The second-order valence-corrected chi connectivity index (χ2v) is 4.12. The van der Waals surface area contributed by atoms with Crippen molar-refractivity contribution in [2.75, 3.05) is 0 Å². The summed E-state index contributed by atoms with van der Waals surface area (Å²) in [6, 6.07) is -0.793. The van der Waals surface area contributed by atoms with Crippen molar-refractivity contribution in [2.24, 2.45) is 5.92 Å². The van der Waals surface area contributed by atoms with Gasteiger partial charge >= 0.3 is 5.97 Å². The van der Waals surface area contributed by atoms with Crippen LogP contribution in [0.3, 0.4) is 0 Å². The number of carboxylic acid groups (broad SMARTS) is 1. The Labute approximate surface area is 96.7 Å². The van der Waals surface area contributed by atoms with Crippen LogP contribution in [0.15, 0.2) is 11.6 Å². The number of amides is 1. The Morgan fingerprint density at radius 3 is 2.06 bits per heavy atom. The molecule has 0 aromatic rings. The number of carbonyl (C=O) groups excluding carboxylic acids is 1. The lowest BCUT2D eigenvalue weighted by Gasteiger charge is -2.21. The van der Waals surface area contributed by atoms with Gasteiger partial charge in [-0.2, -0.15) is 0 Å². The van der Waals surface area contributed by atoms with Gasteiger partial charge in [0, 0.05) is 6.08 Å². The van der Waals surface area contributed by atoms with Crippen LogP contribution in [0.2, 0.25) is 0 Å². The van der Waals surface area contributed by atoms with Crippen molar-refractivity contribution in [2.45, 2.75) is 46.6 Å². The number of hydrogen-bond acceptors (Lipinski definition) is 2. The van der Waals surface area contributed by atoms with Crippen molar-refractivity contribution in [3.05, 3.63) is 11.6 Å². The number of allylic oxidation sites excluding steroid dienone is 1. The molecule has 0 radical (unpaired) electrons. The van der Waals surface area contributed by atoms with Crippen LogP contribution in [-0.2, 0) is 9.59 Å². The number of carboxylic acids is 1. The standard InChI is InChI=1S/C12H21NO3/c1-5-9(6-2)11(12(15)16)13-10(14)7-8(3)4/h7,9,11H,5-6H2,1-4H3,(H,13,14)(H,15,16). The molecule has 0 saturated carbocycles. The maximum atomic E-state index is 11.5. The molecule has 1 atom stereocenters. The fourth-order valence-electron chi connectivity index (χ4n) is 1.60. The lowest BCUT2D eigenvalue weighted by molar-refractivity contribution is -0.143. The highest BCUT2D eigenvalue weighted by molar-refractivity contribution is 5.91. The van der Waals surface area contributed by atoms with Crippen LogP contribution in [0.5, 0.6) is 0 Å². The van der Waals surface area contributed by atoms with Crippen LogP contribution >= 0.6 is 0 Å². The second kappa shape index (κ2) is 7.04. The van der Waals surface area contributed by atoms with Gasteiger partial charge in [0.05, 0.1) is 0 Å². The minimum Gasteiger partial charge on any atom is -0.480 e. The molecule has 0 rings (SSSR count). The highest BCUT2D eigenvalue weighted by Crippen LogP contribution is 2.13. The third kappa shape index (κ3) is 4.96. The molecule has 0 heterocycles. The first-order chi connectivity index (χ1) is 7.42. The van der Waals surface area contributed by atoms with Gasteiger partial charge in [0.15, 0.2) is 0 Å². The Kier molecular flexibility index (Phi) is 6.46. The average Bonchev–Trinajstić information content (AvgIpc) is 2.16. The quantitative estimate of drug-likeness (QED) is 0.682. The van der Waals surface area contributed by atoms with Crippen molar-refractivity contribution < 1.29 is 14.7 Å². The molecule has 4 nitrogen and oxygen atoms in total. The maximum Gasteiger partial charge on any atom is 0.326 e. The highest BCUT2D eigenvalue weighted by atomic mass is 16.4. The maximum absolute atomic E-state index is 11.5. The first kappa shape index (κ1) is 14.7. The van der Waals surface area contributed by atoms with E-state index in [1.54, 1.807) is 13.8 Å². The zero-order valence-electron chi connectivity index (χ0n) is 10.4. The molecule has 1 unspecified atom stereocenters. The summed E-state index contributed by atoms with van der Waals surface area (Å²) in [7, 11) is 0. The molecule has 0 aromatic heterocycles. The summed E-state index contributed by atoms with van der Waals surface area (Å²) in [5.74, 6) is -1.32. The fourth-order valence-corrected chi connectivity index (χ4v) is 1.60. The normalized spacial score (nSPS) is 12.1. The molecule has 2 N–H and O–H groups in total. The van der Waals surface area contributed by atoms with Gasteiger partial charge in [0.2, 0.25) is 5.91 Å². The van der Waals surface area contributed by atoms with E-state index in [-0.39, 0.29) is 11.8 Å². The Bertz CT molecular complexity index is 276. The van der Waals surface area contributed by atoms with Gasteiger partial charge < -0.3 is 10.4 Å². The summed E-state index contributed by atoms with van der Waals surface area (Å²) in [5.41, 5.74) is 0.853. The minimum atomic E-state index is -0.968. The van der Waals surface area contributed by atoms with Gasteiger partial charge in [-0.05, 0) is 19.8 Å². The van der Waals surface area contributed by atoms with Crippen molar-refractivity contribution in [1.82, 2.24) is 5.32 Å². The molecule has 0 aromatic carbocycles. The van der Waals surface area contributed by atoms with Crippen LogP contribution < -0.4 is 5.32 Å². The molecule has 0 saturated heterocycles. The van der Waals surface area contributed by atoms with Crippen LogP contribution in [0.4, 0.5) is 0 Å². The van der Waals surface area contributed by atoms with E-state index in [1.807, 2.05) is 13.8 Å². The number of rotatable bonds is 6. The van der Waals surface area contributed by atoms with Crippen LogP contribution in [0, 0.1) is 5.92 Å². The van der Waals surface area contributed by atoms with Gasteiger partial charge in [-0.3, -0.25) is 4.79 Å². The third-order valence-corrected chi connectivity index (χ3v) is 2.50. The highest BCUT2D eigenvalue weighted by Gasteiger charge is 2.26. The van der Waals surface area contributed by atoms with Crippen molar-refractivity contribution >= 4 is 11.9 Å². The summed E-state index contributed by atoms with van der Waals surface area (Å²) in [4.78, 5) is 22.5. The molecule has 16 heavy (non-hydrogen) atoms. The van der Waals surface area contributed by atoms with Gasteiger partial charge in [-0.15, -0.1) is 0 Å². The summed E-state index contributed by atoms with van der Waals surface area (Å²) >= 11 is 0. The van der Waals surface area contributed by atoms with Crippen LogP contribution in [-0.4, -0.2) is 23.0 Å². The zero-order valence-corrected chi connectivity index (χ0v) is 10.4. The molecule has 0 spiro atoms. The minimum absolute atomic E-state index is 0.0213. The van der Waals surface area contributed by atoms with Crippen molar-refractivity contribution in [1.29, 1.82) is 0 Å². The van der Waals surface area contributed by atoms with Gasteiger partial charge in [0.1, 0.15) is 6.04 Å². The molecular formula is C12H21NO3. The van der Waals surface area contributed by atoms with Gasteiger partial charge in [0.25, 0.3) is 0 Å². The average molecular weight is 227 g/mol. The SMILES string of the molecule is CCC(CC)C(NC(=O)C=C(C)C)C(=O)O. The van der Waals surface area contributed by atoms with E-state index < -0.39 is 12.0 Å². The monoisotopic (exact) mass is 227 g/mol. The van der Waals surface area contributed by atoms with E-state index in [1.165, 1.54) is 6.08 Å². The Balaban J connectivity index is 4.63. The Morgan fingerprint density at radius 1 is 1.25 bits per heavy atom. The lowest BCUT2D eigenvalue weighted by atomic mass is 9.94. The lowest BCUT2D eigenvalue weighted by Crippen LogP contribution is -2.45. The van der Waals surface area contributed by atoms with E-state index in [4.69, 9.17) is 5.11 Å². The summed E-state index contributed by atoms with van der Waals surface area (Å²) in [6.45, 7) is 7.45. The molecule has 4 heteroatoms. The number of aliphatic carboxylic acids is 1. The molecule has 0 aliphatic heterocycles. The van der Waals surface area contributed by atoms with Gasteiger partial charge in [-0.1, -0.05) is 32.3 Å². The topological polar surface area (TPSA) is 66.4 Å². The van der Waals surface area contributed by atoms with E-state index >= 15 is 0 Å². The van der Waals surface area contributed by atoms with E-state index in [2.05, 4.69) is 5.32 Å². The predicted molar refractivity (Wildman–Crippen MR) is 63.1 cm³/mol. The van der Waals surface area contributed by atoms with Crippen molar-refractivity contribution in [3.63, 3.8) is 0 Å². The molecule has 92 valence electrons. The zero-order chi connectivity index (χ0) is 12.7. The smallest absolute Gasteiger partial charge is 0.326 e. The fraction of sp³-hybridized carbons (Fsp3) is 0.667. The molecular weight excluding hydrogens is 206 g/mol. The number of nitrogens with one attached hydrogen (secondary N) is 1. The summed E-state index contributed by atoms with van der Waals surface area (Å²) < 4.78 is 0.